The fourth-order valence-corrected chi connectivity index (χ4v) is 1.06. The first-order chi connectivity index (χ1) is 7.89. The predicted molar refractivity (Wildman–Crippen MR) is 47.4 cm³/mol. The van der Waals surface area contributed by atoms with Crippen LogP contribution in [-0.2, 0) is 4.79 Å². The third-order valence-corrected chi connectivity index (χ3v) is 1.76. The van der Waals surface area contributed by atoms with Crippen molar-refractivity contribution in [3.63, 3.8) is 0 Å². The van der Waals surface area contributed by atoms with Gasteiger partial charge in [0.1, 0.15) is 11.8 Å². The van der Waals surface area contributed by atoms with E-state index in [1.54, 1.807) is 0 Å². The number of carbonyl (C=O) groups is 1. The molecule has 10 heteroatoms. The number of nitrogens with zero attached hydrogens (tertiary/aromatic N) is 4. The summed E-state index contributed by atoms with van der Waals surface area (Å²) in [4.78, 5) is 22.2. The average Bonchev–Trinajstić information content (AvgIpc) is 2.61. The van der Waals surface area contributed by atoms with Crippen LogP contribution in [0.3, 0.4) is 0 Å². The summed E-state index contributed by atoms with van der Waals surface area (Å²) in [6.07, 6.45) is -2.92. The van der Waals surface area contributed by atoms with E-state index in [4.69, 9.17) is 5.73 Å². The van der Waals surface area contributed by atoms with Gasteiger partial charge < -0.3 is 10.6 Å². The van der Waals surface area contributed by atoms with E-state index in [-0.39, 0.29) is 16.9 Å². The van der Waals surface area contributed by atoms with Crippen molar-refractivity contribution in [3.8, 4) is 0 Å². The summed E-state index contributed by atoms with van der Waals surface area (Å²) in [6, 6.07) is 0. The summed E-state index contributed by atoms with van der Waals surface area (Å²) in [5.74, 6) is -2.56. The van der Waals surface area contributed by atoms with Crippen LogP contribution in [0.25, 0.3) is 11.0 Å². The number of aromatic nitrogens is 4. The molecule has 0 saturated heterocycles. The number of anilines is 1. The smallest absolute Gasteiger partial charge is 0.382 e. The van der Waals surface area contributed by atoms with Crippen LogP contribution in [0.4, 0.5) is 19.0 Å². The van der Waals surface area contributed by atoms with Crippen LogP contribution in [0.5, 0.6) is 0 Å². The van der Waals surface area contributed by atoms with Crippen LogP contribution in [0.15, 0.2) is 12.5 Å². The summed E-state index contributed by atoms with van der Waals surface area (Å²) in [7, 11) is 0. The van der Waals surface area contributed by atoms with Crippen molar-refractivity contribution in [3.05, 3.63) is 12.5 Å². The van der Waals surface area contributed by atoms with Crippen LogP contribution >= 0.6 is 0 Å². The molecule has 0 unspecified atom stereocenters. The van der Waals surface area contributed by atoms with Gasteiger partial charge in [-0.2, -0.15) is 13.2 Å². The number of hydrogen-bond acceptors (Lipinski definition) is 6. The van der Waals surface area contributed by atoms with Crippen molar-refractivity contribution >= 4 is 22.8 Å². The van der Waals surface area contributed by atoms with Crippen molar-refractivity contribution in [2.24, 2.45) is 0 Å². The molecule has 2 heterocycles. The first-order valence-corrected chi connectivity index (χ1v) is 4.13. The fourth-order valence-electron chi connectivity index (χ4n) is 1.06. The molecule has 0 radical (unpaired) electrons. The standard InChI is InChI=1S/C7H4F3N5O2/c8-7(9,10)6(16)17-15-4-3(1-14-15)12-2-13-5(4)11/h1-2H,(H2,11,12,13). The minimum Gasteiger partial charge on any atom is -0.382 e. The number of hydrogen-bond donors (Lipinski definition) is 1. The van der Waals surface area contributed by atoms with Crippen molar-refractivity contribution in [1.82, 2.24) is 19.9 Å². The molecule has 0 spiro atoms. The molecule has 0 bridgehead atoms. The highest BCUT2D eigenvalue weighted by Crippen LogP contribution is 2.18. The number of rotatable bonds is 1. The summed E-state index contributed by atoms with van der Waals surface area (Å²) in [5, 5.41) is 3.40. The lowest BCUT2D eigenvalue weighted by Gasteiger charge is -2.06. The first kappa shape index (κ1) is 11.1. The third kappa shape index (κ3) is 1.96. The number of carbonyl (C=O) groups excluding carboxylic acids is 1. The van der Waals surface area contributed by atoms with E-state index in [0.717, 1.165) is 12.5 Å². The molecule has 7 nitrogen and oxygen atoms in total. The quantitative estimate of drug-likeness (QED) is 0.757. The molecule has 2 aromatic rings. The van der Waals surface area contributed by atoms with Gasteiger partial charge in [0.2, 0.25) is 0 Å². The number of nitrogen functional groups attached to an aromatic ring is 1. The largest absolute Gasteiger partial charge is 0.493 e. The second-order valence-electron chi connectivity index (χ2n) is 2.89. The van der Waals surface area contributed by atoms with Gasteiger partial charge in [-0.3, -0.25) is 0 Å². The van der Waals surface area contributed by atoms with E-state index in [9.17, 15) is 18.0 Å². The van der Waals surface area contributed by atoms with E-state index in [1.807, 2.05) is 0 Å². The molecule has 0 aliphatic rings. The fraction of sp³-hybridized carbons (Fsp3) is 0.143. The van der Waals surface area contributed by atoms with Crippen molar-refractivity contribution < 1.29 is 22.8 Å². The Morgan fingerprint density at radius 1 is 1.41 bits per heavy atom. The molecule has 2 rings (SSSR count). The van der Waals surface area contributed by atoms with Gasteiger partial charge in [0.25, 0.3) is 0 Å². The highest BCUT2D eigenvalue weighted by molar-refractivity contribution is 5.84. The van der Waals surface area contributed by atoms with E-state index in [2.05, 4.69) is 19.9 Å². The van der Waals surface area contributed by atoms with Gasteiger partial charge in [-0.15, -0.1) is 5.10 Å². The Morgan fingerprint density at radius 3 is 2.76 bits per heavy atom. The molecule has 0 saturated carbocycles. The van der Waals surface area contributed by atoms with Crippen molar-refractivity contribution in [2.75, 3.05) is 5.73 Å². The monoisotopic (exact) mass is 247 g/mol. The Balaban J connectivity index is 2.41. The highest BCUT2D eigenvalue weighted by atomic mass is 19.4. The lowest BCUT2D eigenvalue weighted by Crippen LogP contribution is -2.33. The van der Waals surface area contributed by atoms with E-state index in [0.29, 0.717) is 4.85 Å². The van der Waals surface area contributed by atoms with Gasteiger partial charge in [-0.1, -0.05) is 4.85 Å². The van der Waals surface area contributed by atoms with Crippen LogP contribution in [0, 0.1) is 0 Å². The van der Waals surface area contributed by atoms with Crippen LogP contribution in [-0.4, -0.2) is 32.1 Å². The zero-order valence-corrected chi connectivity index (χ0v) is 7.97. The lowest BCUT2D eigenvalue weighted by molar-refractivity contribution is -0.200. The average molecular weight is 247 g/mol. The van der Waals surface area contributed by atoms with Crippen LogP contribution in [0.1, 0.15) is 0 Å². The molecule has 2 N–H and O–H groups in total. The van der Waals surface area contributed by atoms with Gasteiger partial charge in [0.05, 0.1) is 6.20 Å². The van der Waals surface area contributed by atoms with Gasteiger partial charge in [0.15, 0.2) is 11.3 Å². The van der Waals surface area contributed by atoms with Crippen molar-refractivity contribution in [1.29, 1.82) is 0 Å². The molecule has 0 fully saturated rings. The lowest BCUT2D eigenvalue weighted by atomic mass is 10.4. The Bertz CT molecular complexity index is 578. The van der Waals surface area contributed by atoms with E-state index in [1.165, 1.54) is 0 Å². The maximum Gasteiger partial charge on any atom is 0.493 e. The molecule has 0 amide bonds. The maximum absolute atomic E-state index is 12.0. The minimum absolute atomic E-state index is 0.106. The molecular weight excluding hydrogens is 243 g/mol. The second kappa shape index (κ2) is 3.57. The van der Waals surface area contributed by atoms with Gasteiger partial charge in [-0.05, 0) is 0 Å². The summed E-state index contributed by atoms with van der Waals surface area (Å²) < 4.78 is 35.9. The second-order valence-corrected chi connectivity index (χ2v) is 2.89. The normalized spacial score (nSPS) is 11.7. The Labute approximate surface area is 91.0 Å². The van der Waals surface area contributed by atoms with Gasteiger partial charge >= 0.3 is 12.1 Å². The molecule has 0 aliphatic carbocycles. The summed E-state index contributed by atoms with van der Waals surface area (Å²) in [5.41, 5.74) is 5.46. The van der Waals surface area contributed by atoms with E-state index < -0.39 is 12.1 Å². The molecule has 0 aliphatic heterocycles. The Hall–Kier alpha value is -2.39. The van der Waals surface area contributed by atoms with E-state index >= 15 is 0 Å². The number of nitrogens with two attached hydrogens (primary N) is 1. The molecule has 0 atom stereocenters. The zero-order chi connectivity index (χ0) is 12.6. The van der Waals surface area contributed by atoms with Crippen LogP contribution in [0.2, 0.25) is 0 Å². The first-order valence-electron chi connectivity index (χ1n) is 4.13. The van der Waals surface area contributed by atoms with Gasteiger partial charge in [-0.25, -0.2) is 14.8 Å². The molecule has 2 aromatic heterocycles. The number of halogens is 3. The Morgan fingerprint density at radius 2 is 2.12 bits per heavy atom. The van der Waals surface area contributed by atoms with Crippen LogP contribution < -0.4 is 10.6 Å². The third-order valence-electron chi connectivity index (χ3n) is 1.76. The zero-order valence-electron chi connectivity index (χ0n) is 7.97. The maximum atomic E-state index is 12.0. The number of fused-ring (bicyclic) bond motifs is 1. The predicted octanol–water partition coefficient (Wildman–Crippen LogP) is -0.0740. The molecule has 90 valence electrons. The summed E-state index contributed by atoms with van der Waals surface area (Å²) >= 11 is 0. The highest BCUT2D eigenvalue weighted by Gasteiger charge is 2.42. The minimum atomic E-state index is -5.12. The molecule has 0 aromatic carbocycles. The molecular formula is C7H4F3N5O2. The topological polar surface area (TPSA) is 95.9 Å². The molecule has 17 heavy (non-hydrogen) atoms. The summed E-state index contributed by atoms with van der Waals surface area (Å²) in [6.45, 7) is 0. The van der Waals surface area contributed by atoms with Gasteiger partial charge in [0, 0.05) is 0 Å². The Kier molecular flexibility index (Phi) is 2.33. The number of alkyl halides is 3. The van der Waals surface area contributed by atoms with Crippen molar-refractivity contribution in [2.45, 2.75) is 6.18 Å². The SMILES string of the molecule is Nc1ncnc2cnn(OC(=O)C(F)(F)F)c12.